The predicted molar refractivity (Wildman–Crippen MR) is 277 cm³/mol. The number of fused-ring (bicyclic) bond motifs is 14. The third-order valence-electron chi connectivity index (χ3n) is 14.6. The molecule has 4 aliphatic heterocycles. The Bertz CT molecular complexity index is 3610. The highest BCUT2D eigenvalue weighted by Gasteiger charge is 2.48. The van der Waals surface area contributed by atoms with Crippen LogP contribution in [0.25, 0.3) is 65.9 Å². The van der Waals surface area contributed by atoms with Gasteiger partial charge in [-0.1, -0.05) is 115 Å². The van der Waals surface area contributed by atoms with Crippen molar-refractivity contribution in [1.82, 2.24) is 8.96 Å². The van der Waals surface area contributed by atoms with Crippen molar-refractivity contribution in [3.05, 3.63) is 182 Å². The van der Waals surface area contributed by atoms with E-state index in [0.717, 1.165) is 11.4 Å². The molecule has 2 aromatic heterocycles. The number of aromatic nitrogens is 2. The fourth-order valence-electron chi connectivity index (χ4n) is 12.2. The highest BCUT2D eigenvalue weighted by Crippen LogP contribution is 2.50. The van der Waals surface area contributed by atoms with Crippen LogP contribution >= 0.6 is 23.5 Å². The maximum Gasteiger partial charge on any atom is 0.333 e. The van der Waals surface area contributed by atoms with Gasteiger partial charge in [-0.2, -0.15) is 0 Å². The molecule has 0 amide bonds. The molecule has 0 spiro atoms. The van der Waals surface area contributed by atoms with E-state index in [2.05, 4.69) is 213 Å². The zero-order valence-electron chi connectivity index (χ0n) is 35.1. The number of para-hydroxylation sites is 6. The summed E-state index contributed by atoms with van der Waals surface area (Å²) in [6, 6.07) is 69.1. The molecular weight excluding hydrogens is 814 g/mol. The molecule has 0 atom stereocenters. The van der Waals surface area contributed by atoms with Gasteiger partial charge < -0.3 is 18.8 Å². The number of hydrogen-bond donors (Lipinski definition) is 0. The molecule has 8 heteroatoms. The van der Waals surface area contributed by atoms with E-state index in [-0.39, 0.29) is 13.7 Å². The molecular formula is C56H36B2N4S2. The van der Waals surface area contributed by atoms with Crippen LogP contribution in [0.4, 0.5) is 34.1 Å². The Morgan fingerprint density at radius 1 is 0.359 bits per heavy atom. The summed E-state index contributed by atoms with van der Waals surface area (Å²) in [4.78, 5) is 7.67. The molecule has 6 heterocycles. The lowest BCUT2D eigenvalue weighted by Gasteiger charge is -2.44. The second-order valence-electron chi connectivity index (χ2n) is 17.5. The van der Waals surface area contributed by atoms with Crippen molar-refractivity contribution >= 4 is 137 Å². The van der Waals surface area contributed by atoms with Crippen molar-refractivity contribution in [2.45, 2.75) is 9.79 Å². The van der Waals surface area contributed by atoms with Gasteiger partial charge in [0.15, 0.2) is 0 Å². The van der Waals surface area contributed by atoms with E-state index >= 15 is 0 Å². The van der Waals surface area contributed by atoms with E-state index in [9.17, 15) is 0 Å². The number of rotatable bonds is 4. The van der Waals surface area contributed by atoms with Crippen LogP contribution in [0, 0.1) is 0 Å². The van der Waals surface area contributed by atoms with E-state index in [1.165, 1.54) is 120 Å². The van der Waals surface area contributed by atoms with Gasteiger partial charge >= 0.3 is 13.7 Å². The molecule has 0 radical (unpaired) electrons. The number of benzene rings is 9. The summed E-state index contributed by atoms with van der Waals surface area (Å²) in [5, 5.41) is 5.21. The molecule has 11 aromatic rings. The Labute approximate surface area is 380 Å². The van der Waals surface area contributed by atoms with E-state index in [4.69, 9.17) is 0 Å². The quantitative estimate of drug-likeness (QED) is 0.129. The predicted octanol–water partition coefficient (Wildman–Crippen LogP) is 12.2. The molecule has 64 heavy (non-hydrogen) atoms. The lowest BCUT2D eigenvalue weighted by Crippen LogP contribution is -2.61. The molecule has 0 N–H and O–H groups in total. The van der Waals surface area contributed by atoms with Gasteiger partial charge in [-0.15, -0.1) is 23.5 Å². The number of hydrogen-bond acceptors (Lipinski definition) is 4. The molecule has 0 bridgehead atoms. The molecule has 4 nitrogen and oxygen atoms in total. The first-order chi connectivity index (χ1) is 31.7. The van der Waals surface area contributed by atoms with Gasteiger partial charge in [0.25, 0.3) is 0 Å². The largest absolute Gasteiger partial charge is 0.375 e. The lowest BCUT2D eigenvalue weighted by molar-refractivity contribution is 1.21. The molecule has 298 valence electrons. The van der Waals surface area contributed by atoms with E-state index < -0.39 is 0 Å². The van der Waals surface area contributed by atoms with Crippen LogP contribution in [0.15, 0.2) is 192 Å². The van der Waals surface area contributed by atoms with E-state index in [1.807, 2.05) is 23.5 Å². The second-order valence-corrected chi connectivity index (χ2v) is 19.3. The first-order valence-corrected chi connectivity index (χ1v) is 24.5. The molecule has 9 aromatic carbocycles. The lowest BCUT2D eigenvalue weighted by atomic mass is 9.41. The molecule has 0 saturated carbocycles. The van der Waals surface area contributed by atoms with Crippen molar-refractivity contribution in [3.63, 3.8) is 0 Å². The van der Waals surface area contributed by atoms with Crippen LogP contribution in [0.5, 0.6) is 0 Å². The minimum absolute atomic E-state index is 0.0688. The summed E-state index contributed by atoms with van der Waals surface area (Å²) in [7, 11) is 0. The fraction of sp³-hybridized carbons (Fsp3) is 0.0357. The molecule has 15 rings (SSSR count). The third-order valence-corrected chi connectivity index (χ3v) is 16.0. The summed E-state index contributed by atoms with van der Waals surface area (Å²) < 4.78 is 5.39. The minimum atomic E-state index is -0.0688. The van der Waals surface area contributed by atoms with Gasteiger partial charge in [0.1, 0.15) is 0 Å². The van der Waals surface area contributed by atoms with E-state index in [0.29, 0.717) is 0 Å². The highest BCUT2D eigenvalue weighted by atomic mass is 32.2. The maximum atomic E-state index is 2.69. The van der Waals surface area contributed by atoms with Crippen molar-refractivity contribution in [2.75, 3.05) is 22.3 Å². The first kappa shape index (κ1) is 35.5. The molecule has 4 aliphatic rings. The average molecular weight is 851 g/mol. The topological polar surface area (TPSA) is 16.3 Å². The summed E-state index contributed by atoms with van der Waals surface area (Å²) in [6.07, 6.45) is 4.42. The van der Waals surface area contributed by atoms with Gasteiger partial charge in [0.05, 0.1) is 0 Å². The fourth-order valence-corrected chi connectivity index (χ4v) is 13.1. The standard InChI is InChI=1S/C56H36B2N4S2/c1-63-35-27-43-41-23-13-21-39-37-19-9-11-25-47(37)61(55(39)41)57-45-31-46-50(32-49(45)59(51(29-35)53(43)57)33-15-5-3-6-16-33)60(34-17-7-4-8-18-34)52-30-36(64-2)28-44-42-24-14-22-40-38-20-10-12-26-48(38)62(56(40)42)58(46)54(44)52/h3-32H,1-2H3. The highest BCUT2D eigenvalue weighted by molar-refractivity contribution is 7.98. The van der Waals surface area contributed by atoms with Crippen molar-refractivity contribution in [2.24, 2.45) is 0 Å². The summed E-state index contributed by atoms with van der Waals surface area (Å²) in [5.74, 6) is 0. The monoisotopic (exact) mass is 850 g/mol. The van der Waals surface area contributed by atoms with Crippen LogP contribution in [0.3, 0.4) is 0 Å². The van der Waals surface area contributed by atoms with Crippen LogP contribution in [-0.2, 0) is 0 Å². The Kier molecular flexibility index (Phi) is 7.10. The zero-order chi connectivity index (χ0) is 41.9. The number of nitrogens with zero attached hydrogens (tertiary/aromatic N) is 4. The smallest absolute Gasteiger partial charge is 0.333 e. The maximum absolute atomic E-state index is 2.69. The Morgan fingerprint density at radius 2 is 0.781 bits per heavy atom. The second kappa shape index (κ2) is 12.8. The van der Waals surface area contributed by atoms with Crippen molar-refractivity contribution in [1.29, 1.82) is 0 Å². The molecule has 0 aliphatic carbocycles. The Hall–Kier alpha value is -6.99. The summed E-state index contributed by atoms with van der Waals surface area (Å²) in [6.45, 7) is -0.138. The van der Waals surface area contributed by atoms with E-state index in [1.54, 1.807) is 0 Å². The normalized spacial score (nSPS) is 13.8. The van der Waals surface area contributed by atoms with Gasteiger partial charge in [-0.05, 0) is 112 Å². The minimum Gasteiger partial charge on any atom is -0.375 e. The van der Waals surface area contributed by atoms with Crippen molar-refractivity contribution < 1.29 is 0 Å². The Balaban J connectivity index is 1.14. The van der Waals surface area contributed by atoms with Crippen LogP contribution in [0.1, 0.15) is 0 Å². The zero-order valence-corrected chi connectivity index (χ0v) is 36.7. The van der Waals surface area contributed by atoms with Gasteiger partial charge in [-0.3, -0.25) is 0 Å². The van der Waals surface area contributed by atoms with Gasteiger partial charge in [0.2, 0.25) is 0 Å². The van der Waals surface area contributed by atoms with Crippen molar-refractivity contribution in [3.8, 4) is 22.3 Å². The number of thioether (sulfide) groups is 2. The average Bonchev–Trinajstić information content (AvgIpc) is 3.87. The molecule has 0 fully saturated rings. The summed E-state index contributed by atoms with van der Waals surface area (Å²) in [5.41, 5.74) is 23.0. The Morgan fingerprint density at radius 3 is 1.23 bits per heavy atom. The number of anilines is 6. The van der Waals surface area contributed by atoms with Crippen LogP contribution in [0.2, 0.25) is 0 Å². The van der Waals surface area contributed by atoms with Crippen LogP contribution in [-0.4, -0.2) is 35.2 Å². The van der Waals surface area contributed by atoms with Crippen LogP contribution < -0.4 is 31.7 Å². The SMILES string of the molecule is CSc1cc2c3c(c1)N(c1ccccc1)c1cc4c(cc1B3n1c3ccccc3c3cccc-2c31)B1c2c(cc(SC)cc2N4c2ccccc2)-c2cccc3c4ccccc4n1c23. The van der Waals surface area contributed by atoms with Gasteiger partial charge in [0, 0.05) is 98.7 Å². The molecule has 0 unspecified atom stereocenters. The summed E-state index contributed by atoms with van der Waals surface area (Å²) >= 11 is 3.65. The van der Waals surface area contributed by atoms with Gasteiger partial charge in [-0.25, -0.2) is 0 Å². The molecule has 0 saturated heterocycles. The third kappa shape index (κ3) is 4.40. The first-order valence-electron chi connectivity index (χ1n) is 22.1.